The number of aryl methyl sites for hydroxylation is 1. The van der Waals surface area contributed by atoms with Crippen molar-refractivity contribution in [3.8, 4) is 11.4 Å². The van der Waals surface area contributed by atoms with E-state index in [2.05, 4.69) is 9.97 Å². The van der Waals surface area contributed by atoms with Gasteiger partial charge in [-0.15, -0.1) is 0 Å². The van der Waals surface area contributed by atoms with Gasteiger partial charge in [0.2, 0.25) is 5.91 Å². The molecule has 10 heteroatoms. The molecule has 1 aliphatic rings. The van der Waals surface area contributed by atoms with Crippen molar-refractivity contribution < 1.29 is 9.53 Å². The molecule has 1 fully saturated rings. The number of nitrogens with zero attached hydrogens (tertiary/aromatic N) is 6. The summed E-state index contributed by atoms with van der Waals surface area (Å²) in [7, 11) is 5.48. The molecule has 10 nitrogen and oxygen atoms in total. The second kappa shape index (κ2) is 9.07. The van der Waals surface area contributed by atoms with E-state index in [0.717, 1.165) is 5.56 Å². The Morgan fingerprint density at radius 2 is 2.12 bits per heavy atom. The summed E-state index contributed by atoms with van der Waals surface area (Å²) in [4.78, 5) is 38.5. The minimum absolute atomic E-state index is 0.0615. The predicted molar refractivity (Wildman–Crippen MR) is 127 cm³/mol. The molecule has 174 valence electrons. The van der Waals surface area contributed by atoms with Crippen molar-refractivity contribution in [2.45, 2.75) is 19.4 Å². The highest BCUT2D eigenvalue weighted by Crippen LogP contribution is 2.29. The number of fused-ring (bicyclic) bond motifs is 1. The second-order valence-corrected chi connectivity index (χ2v) is 8.46. The summed E-state index contributed by atoms with van der Waals surface area (Å²) in [5.41, 5.74) is 8.40. The number of hydrogen-bond acceptors (Lipinski definition) is 7. The van der Waals surface area contributed by atoms with Gasteiger partial charge in [0.1, 0.15) is 17.6 Å². The van der Waals surface area contributed by atoms with Gasteiger partial charge in [0.15, 0.2) is 11.5 Å². The molecule has 1 aromatic carbocycles. The van der Waals surface area contributed by atoms with Crippen LogP contribution in [0.2, 0.25) is 0 Å². The van der Waals surface area contributed by atoms with E-state index in [1.165, 1.54) is 10.9 Å². The number of nitrogen functional groups attached to an aromatic ring is 1. The number of imidazole rings is 1. The van der Waals surface area contributed by atoms with Gasteiger partial charge in [-0.05, 0) is 39.1 Å². The number of likely N-dealkylation sites (N-methyl/N-ethyl adjacent to an activating group) is 1. The van der Waals surface area contributed by atoms with Crippen LogP contribution in [0.15, 0.2) is 41.5 Å². The van der Waals surface area contributed by atoms with E-state index in [1.807, 2.05) is 44.1 Å². The molecule has 0 radical (unpaired) electrons. The van der Waals surface area contributed by atoms with Crippen molar-refractivity contribution in [1.29, 1.82) is 0 Å². The van der Waals surface area contributed by atoms with Gasteiger partial charge in [0.05, 0.1) is 18.8 Å². The van der Waals surface area contributed by atoms with E-state index < -0.39 is 0 Å². The van der Waals surface area contributed by atoms with Gasteiger partial charge in [-0.3, -0.25) is 13.9 Å². The first kappa shape index (κ1) is 22.5. The van der Waals surface area contributed by atoms with Crippen molar-refractivity contribution in [1.82, 2.24) is 28.9 Å². The minimum atomic E-state index is -0.273. The normalized spacial score (nSPS) is 16.4. The Kier molecular flexibility index (Phi) is 6.19. The zero-order valence-electron chi connectivity index (χ0n) is 19.4. The lowest BCUT2D eigenvalue weighted by atomic mass is 10.2. The van der Waals surface area contributed by atoms with E-state index in [9.17, 15) is 9.59 Å². The fourth-order valence-corrected chi connectivity index (χ4v) is 4.21. The Bertz CT molecular complexity index is 1280. The number of carbonyl (C=O) groups excluding carboxylic acids is 1. The third-order valence-corrected chi connectivity index (χ3v) is 5.90. The number of hydrogen-bond donors (Lipinski definition) is 1. The molecule has 0 spiro atoms. The van der Waals surface area contributed by atoms with Crippen LogP contribution in [-0.4, -0.2) is 75.6 Å². The Labute approximate surface area is 191 Å². The predicted octanol–water partition coefficient (Wildman–Crippen LogP) is 1.37. The lowest BCUT2D eigenvalue weighted by Gasteiger charge is -2.15. The topological polar surface area (TPSA) is 112 Å². The number of rotatable bonds is 6. The van der Waals surface area contributed by atoms with E-state index in [1.54, 1.807) is 28.7 Å². The Hall–Kier alpha value is -3.66. The first-order chi connectivity index (χ1) is 15.8. The summed E-state index contributed by atoms with van der Waals surface area (Å²) < 4.78 is 8.60. The average Bonchev–Trinajstić information content (AvgIpc) is 3.37. The second-order valence-electron chi connectivity index (χ2n) is 8.46. The SMILES string of the molecule is COc1cc(-n2c(=O)n([C@@H]3CCN(C(=O)/C=C/CN(C)C)C3)c3ncnc(N)c32)ccc1C. The number of ether oxygens (including phenoxy) is 1. The number of benzene rings is 1. The van der Waals surface area contributed by atoms with Crippen LogP contribution in [0, 0.1) is 6.92 Å². The number of aromatic nitrogens is 4. The molecule has 1 aliphatic heterocycles. The standard InChI is InChI=1S/C23H29N7O3/c1-15-7-8-16(12-18(15)33-4)29-20-21(24)25-14-26-22(20)30(23(29)32)17-9-11-28(13-17)19(31)6-5-10-27(2)3/h5-8,12,14,17H,9-11,13H2,1-4H3,(H2,24,25,26)/b6-5+/t17-/m1/s1. The van der Waals surface area contributed by atoms with Gasteiger partial charge in [0.25, 0.3) is 0 Å². The van der Waals surface area contributed by atoms with Crippen LogP contribution >= 0.6 is 0 Å². The van der Waals surface area contributed by atoms with Crippen molar-refractivity contribution in [2.24, 2.45) is 0 Å². The van der Waals surface area contributed by atoms with Gasteiger partial charge < -0.3 is 20.3 Å². The molecule has 1 saturated heterocycles. The van der Waals surface area contributed by atoms with Crippen molar-refractivity contribution >= 4 is 22.9 Å². The molecule has 2 N–H and O–H groups in total. The van der Waals surface area contributed by atoms with Crippen LogP contribution in [0.4, 0.5) is 5.82 Å². The van der Waals surface area contributed by atoms with Crippen molar-refractivity contribution in [3.63, 3.8) is 0 Å². The van der Waals surface area contributed by atoms with Crippen LogP contribution in [0.1, 0.15) is 18.0 Å². The summed E-state index contributed by atoms with van der Waals surface area (Å²) in [6.45, 7) is 3.61. The number of methoxy groups -OCH3 is 1. The molecule has 4 rings (SSSR count). The largest absolute Gasteiger partial charge is 0.496 e. The van der Waals surface area contributed by atoms with E-state index in [-0.39, 0.29) is 23.5 Å². The van der Waals surface area contributed by atoms with Gasteiger partial charge in [-0.2, -0.15) is 0 Å². The maximum atomic E-state index is 13.7. The van der Waals surface area contributed by atoms with Crippen LogP contribution in [0.3, 0.4) is 0 Å². The quantitative estimate of drug-likeness (QED) is 0.564. The fraction of sp³-hybridized carbons (Fsp3) is 0.391. The molecular weight excluding hydrogens is 422 g/mol. The smallest absolute Gasteiger partial charge is 0.335 e. The number of amides is 1. The Morgan fingerprint density at radius 1 is 1.33 bits per heavy atom. The molecule has 1 atom stereocenters. The molecule has 0 saturated carbocycles. The molecule has 33 heavy (non-hydrogen) atoms. The van der Waals surface area contributed by atoms with Crippen molar-refractivity contribution in [3.05, 3.63) is 52.7 Å². The number of anilines is 1. The number of nitrogens with two attached hydrogens (primary N) is 1. The lowest BCUT2D eigenvalue weighted by molar-refractivity contribution is -0.125. The minimum Gasteiger partial charge on any atom is -0.496 e. The first-order valence-electron chi connectivity index (χ1n) is 10.8. The summed E-state index contributed by atoms with van der Waals surface area (Å²) in [6.07, 6.45) is 5.43. The van der Waals surface area contributed by atoms with Crippen LogP contribution in [0.5, 0.6) is 5.75 Å². The molecular formula is C23H29N7O3. The lowest BCUT2D eigenvalue weighted by Crippen LogP contribution is -2.31. The zero-order chi connectivity index (χ0) is 23.7. The molecule has 3 heterocycles. The molecule has 0 aliphatic carbocycles. The molecule has 0 bridgehead atoms. The molecule has 3 aromatic rings. The van der Waals surface area contributed by atoms with Crippen molar-refractivity contribution in [2.75, 3.05) is 46.6 Å². The summed E-state index contributed by atoms with van der Waals surface area (Å²) in [6, 6.07) is 5.32. The Morgan fingerprint density at radius 3 is 2.85 bits per heavy atom. The molecule has 1 amide bonds. The third kappa shape index (κ3) is 4.21. The van der Waals surface area contributed by atoms with E-state index in [0.29, 0.717) is 48.7 Å². The molecule has 2 aromatic heterocycles. The van der Waals surface area contributed by atoms with Gasteiger partial charge in [-0.1, -0.05) is 12.1 Å². The third-order valence-electron chi connectivity index (χ3n) is 5.90. The zero-order valence-corrected chi connectivity index (χ0v) is 19.4. The first-order valence-corrected chi connectivity index (χ1v) is 10.8. The monoisotopic (exact) mass is 451 g/mol. The maximum absolute atomic E-state index is 13.7. The highest BCUT2D eigenvalue weighted by molar-refractivity contribution is 5.88. The fourth-order valence-electron chi connectivity index (χ4n) is 4.21. The maximum Gasteiger partial charge on any atom is 0.335 e. The van der Waals surface area contributed by atoms with Gasteiger partial charge in [-0.25, -0.2) is 14.8 Å². The van der Waals surface area contributed by atoms with Gasteiger partial charge >= 0.3 is 5.69 Å². The van der Waals surface area contributed by atoms with Crippen LogP contribution < -0.4 is 16.2 Å². The number of likely N-dealkylation sites (tertiary alicyclic amines) is 1. The van der Waals surface area contributed by atoms with Gasteiger partial charge in [0, 0.05) is 31.8 Å². The highest BCUT2D eigenvalue weighted by Gasteiger charge is 2.31. The number of carbonyl (C=O) groups is 1. The van der Waals surface area contributed by atoms with E-state index in [4.69, 9.17) is 10.5 Å². The van der Waals surface area contributed by atoms with Crippen LogP contribution in [0.25, 0.3) is 16.9 Å². The van der Waals surface area contributed by atoms with E-state index >= 15 is 0 Å². The summed E-state index contributed by atoms with van der Waals surface area (Å²) in [5.74, 6) is 0.819. The Balaban J connectivity index is 1.74. The molecule has 0 unspecified atom stereocenters. The summed E-state index contributed by atoms with van der Waals surface area (Å²) in [5, 5.41) is 0. The summed E-state index contributed by atoms with van der Waals surface area (Å²) >= 11 is 0. The average molecular weight is 452 g/mol. The van der Waals surface area contributed by atoms with Crippen LogP contribution in [-0.2, 0) is 4.79 Å². The highest BCUT2D eigenvalue weighted by atomic mass is 16.5.